The van der Waals surface area contributed by atoms with Gasteiger partial charge in [-0.3, -0.25) is 4.79 Å². The maximum Gasteiger partial charge on any atom is 0.340 e. The van der Waals surface area contributed by atoms with Gasteiger partial charge in [0.05, 0.1) is 37.3 Å². The Morgan fingerprint density at radius 3 is 2.66 bits per heavy atom. The molecule has 0 aliphatic heterocycles. The van der Waals surface area contributed by atoms with Gasteiger partial charge in [-0.1, -0.05) is 5.16 Å². The monoisotopic (exact) mass is 455 g/mol. The predicted octanol–water partition coefficient (Wildman–Crippen LogP) is 4.02. The number of carbonyl (C=O) groups is 2. The molecule has 0 aliphatic carbocycles. The van der Waals surface area contributed by atoms with Crippen LogP contribution in [0.4, 0.5) is 5.69 Å². The fourth-order valence-corrected chi connectivity index (χ4v) is 3.40. The highest BCUT2D eigenvalue weighted by molar-refractivity contribution is 7.08. The predicted molar refractivity (Wildman–Crippen MR) is 113 cm³/mol. The van der Waals surface area contributed by atoms with E-state index in [2.05, 4.69) is 15.5 Å². The van der Waals surface area contributed by atoms with Crippen molar-refractivity contribution in [2.45, 2.75) is 6.61 Å². The zero-order chi connectivity index (χ0) is 22.5. The Hall–Kier alpha value is -4.12. The van der Waals surface area contributed by atoms with E-state index in [1.54, 1.807) is 6.07 Å². The second-order valence-electron chi connectivity index (χ2n) is 6.29. The summed E-state index contributed by atoms with van der Waals surface area (Å²) in [5.41, 5.74) is 0.980. The molecule has 164 valence electrons. The molecule has 0 saturated carbocycles. The van der Waals surface area contributed by atoms with Gasteiger partial charge in [-0.2, -0.15) is 16.3 Å². The van der Waals surface area contributed by atoms with Crippen molar-refractivity contribution in [2.24, 2.45) is 0 Å². The Kier molecular flexibility index (Phi) is 6.17. The number of thiophene rings is 1. The van der Waals surface area contributed by atoms with Crippen molar-refractivity contribution < 1.29 is 32.7 Å². The summed E-state index contributed by atoms with van der Waals surface area (Å²) < 4.78 is 26.1. The van der Waals surface area contributed by atoms with E-state index in [9.17, 15) is 9.59 Å². The van der Waals surface area contributed by atoms with Crippen molar-refractivity contribution in [1.29, 1.82) is 0 Å². The standard InChI is InChI=1S/C21H17N3O7S/c1-27-16-8-13(14(9-17(16)28-2)22-19(25)15-4-3-6-29-15)21(26)30-10-18-23-20(31-24-18)12-5-7-32-11-12/h3-9,11H,10H2,1-2H3,(H,22,25). The number of carbonyl (C=O) groups excluding carboxylic acids is 2. The molecule has 0 saturated heterocycles. The third-order valence-corrected chi connectivity index (χ3v) is 4.99. The number of anilines is 1. The smallest absolute Gasteiger partial charge is 0.340 e. The zero-order valence-electron chi connectivity index (χ0n) is 17.0. The van der Waals surface area contributed by atoms with E-state index < -0.39 is 11.9 Å². The van der Waals surface area contributed by atoms with Gasteiger partial charge in [0.2, 0.25) is 5.82 Å². The Balaban J connectivity index is 1.55. The largest absolute Gasteiger partial charge is 0.493 e. The summed E-state index contributed by atoms with van der Waals surface area (Å²) >= 11 is 1.49. The minimum Gasteiger partial charge on any atom is -0.493 e. The van der Waals surface area contributed by atoms with Crippen LogP contribution in [0.15, 0.2) is 56.3 Å². The zero-order valence-corrected chi connectivity index (χ0v) is 17.8. The lowest BCUT2D eigenvalue weighted by Crippen LogP contribution is -2.16. The van der Waals surface area contributed by atoms with E-state index >= 15 is 0 Å². The molecule has 1 aromatic carbocycles. The van der Waals surface area contributed by atoms with Gasteiger partial charge in [-0.05, 0) is 23.6 Å². The number of hydrogen-bond acceptors (Lipinski definition) is 10. The first kappa shape index (κ1) is 21.1. The Morgan fingerprint density at radius 2 is 1.97 bits per heavy atom. The number of rotatable bonds is 8. The number of methoxy groups -OCH3 is 2. The molecule has 4 aromatic rings. The van der Waals surface area contributed by atoms with E-state index in [-0.39, 0.29) is 35.2 Å². The van der Waals surface area contributed by atoms with Crippen LogP contribution >= 0.6 is 11.3 Å². The van der Waals surface area contributed by atoms with Crippen molar-refractivity contribution in [1.82, 2.24) is 10.1 Å². The van der Waals surface area contributed by atoms with Crippen LogP contribution in [0.1, 0.15) is 26.7 Å². The van der Waals surface area contributed by atoms with Gasteiger partial charge in [0, 0.05) is 17.5 Å². The highest BCUT2D eigenvalue weighted by Crippen LogP contribution is 2.34. The number of amides is 1. The average Bonchev–Trinajstić information content (AvgIpc) is 3.58. The van der Waals surface area contributed by atoms with Gasteiger partial charge >= 0.3 is 5.97 Å². The van der Waals surface area contributed by atoms with Crippen molar-refractivity contribution in [2.75, 3.05) is 19.5 Å². The fraction of sp³-hybridized carbons (Fsp3) is 0.143. The summed E-state index contributed by atoms with van der Waals surface area (Å²) in [5, 5.41) is 10.2. The Bertz CT molecular complexity index is 1220. The van der Waals surface area contributed by atoms with Crippen LogP contribution in [-0.4, -0.2) is 36.2 Å². The lowest BCUT2D eigenvalue weighted by Gasteiger charge is -2.14. The summed E-state index contributed by atoms with van der Waals surface area (Å²) in [5.74, 6) is -0.0765. The molecule has 0 fully saturated rings. The summed E-state index contributed by atoms with van der Waals surface area (Å²) in [6.45, 7) is -0.230. The fourth-order valence-electron chi connectivity index (χ4n) is 2.77. The lowest BCUT2D eigenvalue weighted by molar-refractivity contribution is 0.0460. The molecule has 0 unspecified atom stereocenters. The van der Waals surface area contributed by atoms with Crippen LogP contribution in [-0.2, 0) is 11.3 Å². The summed E-state index contributed by atoms with van der Waals surface area (Å²) in [4.78, 5) is 29.5. The molecule has 0 bridgehead atoms. The minimum atomic E-state index is -0.734. The minimum absolute atomic E-state index is 0.0455. The van der Waals surface area contributed by atoms with E-state index in [0.717, 1.165) is 5.56 Å². The highest BCUT2D eigenvalue weighted by Gasteiger charge is 2.22. The number of aromatic nitrogens is 2. The second-order valence-corrected chi connectivity index (χ2v) is 7.07. The van der Waals surface area contributed by atoms with Crippen LogP contribution in [0.5, 0.6) is 11.5 Å². The molecule has 32 heavy (non-hydrogen) atoms. The highest BCUT2D eigenvalue weighted by atomic mass is 32.1. The number of nitrogens with one attached hydrogen (secondary N) is 1. The van der Waals surface area contributed by atoms with E-state index in [1.165, 1.54) is 50.0 Å². The first-order valence-electron chi connectivity index (χ1n) is 9.22. The van der Waals surface area contributed by atoms with E-state index in [1.807, 2.05) is 16.8 Å². The third kappa shape index (κ3) is 4.47. The Morgan fingerprint density at radius 1 is 1.16 bits per heavy atom. The first-order chi connectivity index (χ1) is 15.6. The Labute approximate surface area is 185 Å². The van der Waals surface area contributed by atoms with Crippen LogP contribution in [0.3, 0.4) is 0 Å². The molecule has 1 N–H and O–H groups in total. The van der Waals surface area contributed by atoms with Gasteiger partial charge in [0.1, 0.15) is 0 Å². The van der Waals surface area contributed by atoms with E-state index in [0.29, 0.717) is 11.6 Å². The molecule has 4 rings (SSSR count). The molecular formula is C21H17N3O7S. The number of ether oxygens (including phenoxy) is 3. The molecule has 0 aliphatic rings. The quantitative estimate of drug-likeness (QED) is 0.392. The average molecular weight is 455 g/mol. The topological polar surface area (TPSA) is 126 Å². The van der Waals surface area contributed by atoms with Crippen molar-refractivity contribution in [3.05, 3.63) is 64.5 Å². The van der Waals surface area contributed by atoms with Crippen molar-refractivity contribution in [3.63, 3.8) is 0 Å². The van der Waals surface area contributed by atoms with Gasteiger partial charge in [-0.25, -0.2) is 4.79 Å². The summed E-state index contributed by atoms with van der Waals surface area (Å²) in [6, 6.07) is 7.78. The summed E-state index contributed by atoms with van der Waals surface area (Å²) in [6.07, 6.45) is 1.37. The van der Waals surface area contributed by atoms with Gasteiger partial charge in [0.15, 0.2) is 23.9 Å². The molecule has 1 amide bonds. The molecule has 0 radical (unpaired) electrons. The van der Waals surface area contributed by atoms with Gasteiger partial charge in [0.25, 0.3) is 11.8 Å². The molecule has 0 atom stereocenters. The summed E-state index contributed by atoms with van der Waals surface area (Å²) in [7, 11) is 2.87. The lowest BCUT2D eigenvalue weighted by atomic mass is 10.1. The van der Waals surface area contributed by atoms with Crippen molar-refractivity contribution in [3.8, 4) is 23.0 Å². The molecule has 3 aromatic heterocycles. The number of benzene rings is 1. The molecule has 0 spiro atoms. The first-order valence-corrected chi connectivity index (χ1v) is 10.2. The number of furan rings is 1. The maximum atomic E-state index is 12.8. The van der Waals surface area contributed by atoms with Gasteiger partial charge in [-0.15, -0.1) is 0 Å². The van der Waals surface area contributed by atoms with Crippen LogP contribution in [0.2, 0.25) is 0 Å². The SMILES string of the molecule is COc1cc(NC(=O)c2ccco2)c(C(=O)OCc2noc(-c3ccsc3)n2)cc1OC. The number of esters is 1. The molecule has 3 heterocycles. The number of nitrogens with zero attached hydrogens (tertiary/aromatic N) is 2. The second kappa shape index (κ2) is 9.35. The normalized spacial score (nSPS) is 10.6. The molecular weight excluding hydrogens is 438 g/mol. The van der Waals surface area contributed by atoms with Crippen LogP contribution < -0.4 is 14.8 Å². The van der Waals surface area contributed by atoms with Crippen LogP contribution in [0.25, 0.3) is 11.5 Å². The number of hydrogen-bond donors (Lipinski definition) is 1. The molecule has 10 nitrogen and oxygen atoms in total. The maximum absolute atomic E-state index is 12.8. The third-order valence-electron chi connectivity index (χ3n) is 4.31. The van der Waals surface area contributed by atoms with Gasteiger partial charge < -0.3 is 28.5 Å². The molecule has 11 heteroatoms. The van der Waals surface area contributed by atoms with E-state index in [4.69, 9.17) is 23.2 Å². The van der Waals surface area contributed by atoms with Crippen LogP contribution in [0, 0.1) is 0 Å². The van der Waals surface area contributed by atoms with Crippen molar-refractivity contribution >= 4 is 28.9 Å².